The maximum absolute atomic E-state index is 13.0. The lowest BCUT2D eigenvalue weighted by Gasteiger charge is -2.39. The summed E-state index contributed by atoms with van der Waals surface area (Å²) in [6.07, 6.45) is 5.66. The average molecular weight is 358 g/mol. The van der Waals surface area contributed by atoms with Gasteiger partial charge in [-0.05, 0) is 19.4 Å². The maximum Gasteiger partial charge on any atom is 0.328 e. The minimum Gasteiger partial charge on any atom is -0.480 e. The summed E-state index contributed by atoms with van der Waals surface area (Å²) in [6.45, 7) is 5.50. The number of nitrogens with zero attached hydrogens (tertiary/aromatic N) is 6. The Morgan fingerprint density at radius 3 is 2.65 bits per heavy atom. The summed E-state index contributed by atoms with van der Waals surface area (Å²) >= 11 is 0. The molecule has 1 amide bonds. The van der Waals surface area contributed by atoms with Crippen molar-refractivity contribution in [3.8, 4) is 0 Å². The van der Waals surface area contributed by atoms with Crippen LogP contribution in [0.1, 0.15) is 29.4 Å². The van der Waals surface area contributed by atoms with Crippen LogP contribution >= 0.6 is 0 Å². The largest absolute Gasteiger partial charge is 0.480 e. The fraction of sp³-hybridized carbons (Fsp3) is 0.471. The van der Waals surface area contributed by atoms with Crippen LogP contribution in [-0.2, 0) is 11.3 Å². The molecule has 26 heavy (non-hydrogen) atoms. The summed E-state index contributed by atoms with van der Waals surface area (Å²) < 4.78 is 1.77. The Bertz CT molecular complexity index is 791. The van der Waals surface area contributed by atoms with Crippen LogP contribution in [0.25, 0.3) is 0 Å². The molecule has 0 spiro atoms. The molecule has 0 aliphatic carbocycles. The van der Waals surface area contributed by atoms with Gasteiger partial charge >= 0.3 is 5.97 Å². The van der Waals surface area contributed by atoms with E-state index in [9.17, 15) is 14.7 Å². The molecule has 0 unspecified atom stereocenters. The lowest BCUT2D eigenvalue weighted by Crippen LogP contribution is -2.58. The van der Waals surface area contributed by atoms with Crippen LogP contribution in [0.15, 0.2) is 24.7 Å². The molecule has 2 aromatic heterocycles. The van der Waals surface area contributed by atoms with Crippen molar-refractivity contribution < 1.29 is 14.7 Å². The van der Waals surface area contributed by atoms with E-state index in [0.29, 0.717) is 18.1 Å². The van der Waals surface area contributed by atoms with Gasteiger partial charge in [0.05, 0.1) is 18.3 Å². The van der Waals surface area contributed by atoms with Crippen molar-refractivity contribution in [2.24, 2.45) is 0 Å². The normalized spacial score (nSPS) is 17.4. The van der Waals surface area contributed by atoms with Gasteiger partial charge in [0.2, 0.25) is 5.95 Å². The number of carbonyl (C=O) groups is 2. The number of hydrogen-bond acceptors (Lipinski definition) is 6. The van der Waals surface area contributed by atoms with Crippen LogP contribution in [0.4, 0.5) is 5.95 Å². The maximum atomic E-state index is 13.0. The number of piperazine rings is 1. The fourth-order valence-corrected chi connectivity index (χ4v) is 3.12. The van der Waals surface area contributed by atoms with E-state index in [2.05, 4.69) is 15.1 Å². The van der Waals surface area contributed by atoms with Crippen molar-refractivity contribution in [2.75, 3.05) is 24.5 Å². The highest BCUT2D eigenvalue weighted by molar-refractivity contribution is 5.97. The summed E-state index contributed by atoms with van der Waals surface area (Å²) in [6, 6.07) is 0.739. The van der Waals surface area contributed by atoms with Crippen molar-refractivity contribution in [2.45, 2.75) is 32.9 Å². The van der Waals surface area contributed by atoms with Gasteiger partial charge in [-0.15, -0.1) is 0 Å². The Morgan fingerprint density at radius 1 is 1.27 bits per heavy atom. The van der Waals surface area contributed by atoms with Gasteiger partial charge in [-0.2, -0.15) is 5.10 Å². The first kappa shape index (κ1) is 17.8. The highest BCUT2D eigenvalue weighted by atomic mass is 16.4. The van der Waals surface area contributed by atoms with Crippen molar-refractivity contribution in [1.29, 1.82) is 0 Å². The zero-order valence-corrected chi connectivity index (χ0v) is 14.9. The second-order valence-electron chi connectivity index (χ2n) is 6.21. The zero-order chi connectivity index (χ0) is 18.7. The van der Waals surface area contributed by atoms with Crippen molar-refractivity contribution in [3.05, 3.63) is 35.9 Å². The molecule has 9 heteroatoms. The monoisotopic (exact) mass is 358 g/mol. The predicted molar refractivity (Wildman–Crippen MR) is 94.0 cm³/mol. The number of anilines is 1. The minimum atomic E-state index is -1.04. The average Bonchev–Trinajstić information content (AvgIpc) is 3.02. The third-order valence-electron chi connectivity index (χ3n) is 4.53. The summed E-state index contributed by atoms with van der Waals surface area (Å²) in [7, 11) is 0. The van der Waals surface area contributed by atoms with E-state index in [-0.39, 0.29) is 19.0 Å². The summed E-state index contributed by atoms with van der Waals surface area (Å²) in [5, 5.41) is 13.9. The highest BCUT2D eigenvalue weighted by Crippen LogP contribution is 2.19. The van der Waals surface area contributed by atoms with E-state index in [1.807, 2.05) is 13.8 Å². The molecule has 3 heterocycles. The van der Waals surface area contributed by atoms with E-state index in [1.54, 1.807) is 28.0 Å². The van der Waals surface area contributed by atoms with E-state index in [1.165, 1.54) is 11.1 Å². The quantitative estimate of drug-likeness (QED) is 0.843. The van der Waals surface area contributed by atoms with Gasteiger partial charge in [0, 0.05) is 37.7 Å². The van der Waals surface area contributed by atoms with Crippen molar-refractivity contribution in [3.63, 3.8) is 0 Å². The Labute approximate surface area is 151 Å². The first-order valence-corrected chi connectivity index (χ1v) is 8.61. The molecule has 1 saturated heterocycles. The number of aromatic nitrogens is 4. The van der Waals surface area contributed by atoms with Crippen LogP contribution in [-0.4, -0.2) is 67.3 Å². The number of carboxylic acids is 1. The molecule has 1 atom stereocenters. The molecule has 2 aromatic rings. The van der Waals surface area contributed by atoms with Gasteiger partial charge < -0.3 is 14.9 Å². The van der Waals surface area contributed by atoms with E-state index < -0.39 is 12.0 Å². The summed E-state index contributed by atoms with van der Waals surface area (Å²) in [5.41, 5.74) is 1.21. The first-order valence-electron chi connectivity index (χ1n) is 8.61. The minimum absolute atomic E-state index is 0.146. The summed E-state index contributed by atoms with van der Waals surface area (Å²) in [4.78, 5) is 36.3. The van der Waals surface area contributed by atoms with Crippen molar-refractivity contribution >= 4 is 17.8 Å². The number of amides is 1. The molecule has 1 aliphatic heterocycles. The Kier molecular flexibility index (Phi) is 5.15. The molecule has 3 rings (SSSR count). The van der Waals surface area contributed by atoms with Crippen LogP contribution in [0, 0.1) is 6.92 Å². The first-order chi connectivity index (χ1) is 12.5. The molecular formula is C17H22N6O3. The number of carboxylic acid groups (broad SMARTS) is 1. The highest BCUT2D eigenvalue weighted by Gasteiger charge is 2.37. The molecule has 0 saturated carbocycles. The third kappa shape index (κ3) is 3.37. The van der Waals surface area contributed by atoms with E-state index in [0.717, 1.165) is 18.7 Å². The SMILES string of the molecule is CCCn1ncc(C(=O)N2CCN(c3ncccn3)C[C@@H]2C(=O)O)c1C. The van der Waals surface area contributed by atoms with Gasteiger partial charge in [0.15, 0.2) is 0 Å². The van der Waals surface area contributed by atoms with Gasteiger partial charge in [-0.3, -0.25) is 9.48 Å². The zero-order valence-electron chi connectivity index (χ0n) is 14.9. The summed E-state index contributed by atoms with van der Waals surface area (Å²) in [5.74, 6) is -0.874. The topological polar surface area (TPSA) is 104 Å². The second-order valence-corrected chi connectivity index (χ2v) is 6.21. The number of aliphatic carboxylic acids is 1. The van der Waals surface area contributed by atoms with Crippen LogP contribution < -0.4 is 4.90 Å². The molecule has 0 aromatic carbocycles. The number of hydrogen-bond donors (Lipinski definition) is 1. The van der Waals surface area contributed by atoms with Crippen LogP contribution in [0.5, 0.6) is 0 Å². The molecule has 0 radical (unpaired) electrons. The molecule has 138 valence electrons. The van der Waals surface area contributed by atoms with Crippen LogP contribution in [0.2, 0.25) is 0 Å². The molecule has 1 aliphatic rings. The molecule has 0 bridgehead atoms. The van der Waals surface area contributed by atoms with Crippen molar-refractivity contribution in [1.82, 2.24) is 24.6 Å². The van der Waals surface area contributed by atoms with E-state index in [4.69, 9.17) is 0 Å². The number of carbonyl (C=O) groups excluding carboxylic acids is 1. The standard InChI is InChI=1S/C17H22N6O3/c1-3-7-23-12(2)13(10-20-23)15(24)22-9-8-21(11-14(22)16(25)26)17-18-5-4-6-19-17/h4-6,10,14H,3,7-9,11H2,1-2H3,(H,25,26)/t14-/m1/s1. The van der Waals surface area contributed by atoms with E-state index >= 15 is 0 Å². The second kappa shape index (κ2) is 7.51. The fourth-order valence-electron chi connectivity index (χ4n) is 3.12. The van der Waals surface area contributed by atoms with Gasteiger partial charge in [-0.25, -0.2) is 14.8 Å². The number of rotatable bonds is 5. The third-order valence-corrected chi connectivity index (χ3v) is 4.53. The Morgan fingerprint density at radius 2 is 2.00 bits per heavy atom. The predicted octanol–water partition coefficient (Wildman–Crippen LogP) is 0.807. The van der Waals surface area contributed by atoms with Gasteiger partial charge in [-0.1, -0.05) is 6.92 Å². The van der Waals surface area contributed by atoms with Crippen LogP contribution in [0.3, 0.4) is 0 Å². The Hall–Kier alpha value is -2.97. The molecular weight excluding hydrogens is 336 g/mol. The van der Waals surface area contributed by atoms with Gasteiger partial charge in [0.25, 0.3) is 5.91 Å². The molecule has 1 N–H and O–H groups in total. The molecule has 1 fully saturated rings. The molecule has 9 nitrogen and oxygen atoms in total. The van der Waals surface area contributed by atoms with Gasteiger partial charge in [0.1, 0.15) is 6.04 Å². The lowest BCUT2D eigenvalue weighted by atomic mass is 10.1. The smallest absolute Gasteiger partial charge is 0.328 e. The Balaban J connectivity index is 1.81. The number of aryl methyl sites for hydroxylation is 1. The lowest BCUT2D eigenvalue weighted by molar-refractivity contribution is -0.142.